The Bertz CT molecular complexity index is 706. The first-order chi connectivity index (χ1) is 11.8. The molecule has 0 N–H and O–H groups in total. The van der Waals surface area contributed by atoms with Crippen LogP contribution in [0.2, 0.25) is 0 Å². The molecule has 138 valence electrons. The molecule has 9 heteroatoms. The highest BCUT2D eigenvalue weighted by molar-refractivity contribution is 7.88. The Kier molecular flexibility index (Phi) is 5.24. The Hall–Kier alpha value is -1.74. The van der Waals surface area contributed by atoms with Crippen LogP contribution in [0.4, 0.5) is 5.82 Å². The van der Waals surface area contributed by atoms with E-state index in [-0.39, 0.29) is 11.8 Å². The van der Waals surface area contributed by atoms with Crippen LogP contribution in [0.5, 0.6) is 0 Å². The van der Waals surface area contributed by atoms with Crippen molar-refractivity contribution in [2.24, 2.45) is 5.92 Å². The third-order valence-corrected chi connectivity index (χ3v) is 6.27. The molecular formula is C16H25N5O3S. The third kappa shape index (κ3) is 4.27. The molecule has 2 aliphatic rings. The smallest absolute Gasteiger partial charge is 0.225 e. The summed E-state index contributed by atoms with van der Waals surface area (Å²) < 4.78 is 24.6. The average Bonchev–Trinajstić information content (AvgIpc) is 2.61. The number of carbonyl (C=O) groups excluding carboxylic acids is 1. The van der Waals surface area contributed by atoms with Crippen LogP contribution in [0, 0.1) is 12.8 Å². The highest BCUT2D eigenvalue weighted by atomic mass is 32.2. The molecule has 0 bridgehead atoms. The summed E-state index contributed by atoms with van der Waals surface area (Å²) in [4.78, 5) is 16.8. The summed E-state index contributed by atoms with van der Waals surface area (Å²) in [6.45, 7) is 5.60. The van der Waals surface area contributed by atoms with E-state index < -0.39 is 10.0 Å². The molecule has 8 nitrogen and oxygen atoms in total. The van der Waals surface area contributed by atoms with Gasteiger partial charge < -0.3 is 9.80 Å². The first kappa shape index (κ1) is 18.1. The van der Waals surface area contributed by atoms with Gasteiger partial charge in [-0.2, -0.15) is 5.10 Å². The van der Waals surface area contributed by atoms with Crippen LogP contribution >= 0.6 is 0 Å². The van der Waals surface area contributed by atoms with Crippen molar-refractivity contribution in [2.75, 3.05) is 50.4 Å². The summed E-state index contributed by atoms with van der Waals surface area (Å²) in [5.41, 5.74) is 0.887. The summed E-state index contributed by atoms with van der Waals surface area (Å²) in [7, 11) is -3.15. The minimum Gasteiger partial charge on any atom is -0.352 e. The summed E-state index contributed by atoms with van der Waals surface area (Å²) in [5.74, 6) is 0.936. The number of hydrogen-bond donors (Lipinski definition) is 0. The van der Waals surface area contributed by atoms with Crippen molar-refractivity contribution in [1.82, 2.24) is 19.4 Å². The SMILES string of the molecule is Cc1ccc(N2CCN(C(=O)C3CCN(S(C)(=O)=O)CC3)CC2)nn1. The van der Waals surface area contributed by atoms with Crippen LogP contribution in [0.25, 0.3) is 0 Å². The number of nitrogens with zero attached hydrogens (tertiary/aromatic N) is 5. The van der Waals surface area contributed by atoms with E-state index in [1.54, 1.807) is 0 Å². The fraction of sp³-hybridized carbons (Fsp3) is 0.688. The van der Waals surface area contributed by atoms with E-state index >= 15 is 0 Å². The van der Waals surface area contributed by atoms with Gasteiger partial charge in [-0.1, -0.05) is 0 Å². The van der Waals surface area contributed by atoms with Gasteiger partial charge in [0.05, 0.1) is 11.9 Å². The Balaban J connectivity index is 1.51. The molecule has 0 saturated carbocycles. The fourth-order valence-electron chi connectivity index (χ4n) is 3.41. The van der Waals surface area contributed by atoms with Crippen LogP contribution < -0.4 is 4.90 Å². The molecule has 3 rings (SSSR count). The number of aromatic nitrogens is 2. The van der Waals surface area contributed by atoms with E-state index in [9.17, 15) is 13.2 Å². The van der Waals surface area contributed by atoms with E-state index in [1.165, 1.54) is 10.6 Å². The number of amides is 1. The van der Waals surface area contributed by atoms with Crippen LogP contribution in [0.15, 0.2) is 12.1 Å². The van der Waals surface area contributed by atoms with Gasteiger partial charge in [-0.25, -0.2) is 12.7 Å². The van der Waals surface area contributed by atoms with Crippen LogP contribution in [0.1, 0.15) is 18.5 Å². The Morgan fingerprint density at radius 2 is 1.68 bits per heavy atom. The summed E-state index contributed by atoms with van der Waals surface area (Å²) in [6, 6.07) is 3.90. The molecule has 1 amide bonds. The zero-order valence-electron chi connectivity index (χ0n) is 14.8. The summed E-state index contributed by atoms with van der Waals surface area (Å²) in [6.07, 6.45) is 2.44. The normalized spacial score (nSPS) is 20.7. The van der Waals surface area contributed by atoms with Gasteiger partial charge in [0.25, 0.3) is 0 Å². The molecule has 3 heterocycles. The minimum absolute atomic E-state index is 0.0660. The molecule has 2 fully saturated rings. The van der Waals surface area contributed by atoms with Gasteiger partial charge in [0.1, 0.15) is 0 Å². The van der Waals surface area contributed by atoms with Crippen molar-refractivity contribution < 1.29 is 13.2 Å². The van der Waals surface area contributed by atoms with Crippen molar-refractivity contribution in [3.05, 3.63) is 17.8 Å². The zero-order valence-corrected chi connectivity index (χ0v) is 15.6. The number of carbonyl (C=O) groups is 1. The lowest BCUT2D eigenvalue weighted by Gasteiger charge is -2.38. The lowest BCUT2D eigenvalue weighted by Crippen LogP contribution is -2.52. The van der Waals surface area contributed by atoms with Crippen LogP contribution in [-0.2, 0) is 14.8 Å². The summed E-state index contributed by atoms with van der Waals surface area (Å²) >= 11 is 0. The lowest BCUT2D eigenvalue weighted by atomic mass is 9.96. The van der Waals surface area contributed by atoms with Gasteiger partial charge >= 0.3 is 0 Å². The number of piperazine rings is 1. The van der Waals surface area contributed by atoms with Crippen molar-refractivity contribution >= 4 is 21.7 Å². The average molecular weight is 367 g/mol. The second-order valence-electron chi connectivity index (χ2n) is 6.78. The van der Waals surface area contributed by atoms with Gasteiger partial charge in [-0.15, -0.1) is 5.10 Å². The topological polar surface area (TPSA) is 86.7 Å². The molecule has 0 unspecified atom stereocenters. The second-order valence-corrected chi connectivity index (χ2v) is 8.76. The first-order valence-electron chi connectivity index (χ1n) is 8.64. The highest BCUT2D eigenvalue weighted by Gasteiger charge is 2.32. The number of piperidine rings is 1. The minimum atomic E-state index is -3.15. The molecular weight excluding hydrogens is 342 g/mol. The molecule has 25 heavy (non-hydrogen) atoms. The molecule has 0 spiro atoms. The monoisotopic (exact) mass is 367 g/mol. The predicted octanol–water partition coefficient (Wildman–Crippen LogP) is 0.105. The number of hydrogen-bond acceptors (Lipinski definition) is 6. The fourth-order valence-corrected chi connectivity index (χ4v) is 4.28. The maximum atomic E-state index is 12.7. The van der Waals surface area contributed by atoms with Crippen molar-refractivity contribution in [1.29, 1.82) is 0 Å². The standard InChI is InChI=1S/C16H25N5O3S/c1-13-3-4-15(18-17-13)19-9-11-20(12-10-19)16(22)14-5-7-21(8-6-14)25(2,23)24/h3-4,14H,5-12H2,1-2H3. The van der Waals surface area contributed by atoms with Gasteiger partial charge in [0.15, 0.2) is 5.82 Å². The largest absolute Gasteiger partial charge is 0.352 e. The quantitative estimate of drug-likeness (QED) is 0.753. The number of sulfonamides is 1. The molecule has 0 aromatic carbocycles. The van der Waals surface area contributed by atoms with Gasteiger partial charge in [-0.3, -0.25) is 4.79 Å². The van der Waals surface area contributed by atoms with E-state index in [4.69, 9.17) is 0 Å². The van der Waals surface area contributed by atoms with Gasteiger partial charge in [0, 0.05) is 45.2 Å². The van der Waals surface area contributed by atoms with Crippen LogP contribution in [0.3, 0.4) is 0 Å². The van der Waals surface area contributed by atoms with E-state index in [0.29, 0.717) is 39.0 Å². The number of anilines is 1. The molecule has 1 aromatic rings. The van der Waals surface area contributed by atoms with Crippen molar-refractivity contribution in [3.63, 3.8) is 0 Å². The van der Waals surface area contributed by atoms with Crippen molar-refractivity contribution in [3.8, 4) is 0 Å². The van der Waals surface area contributed by atoms with E-state index in [0.717, 1.165) is 24.6 Å². The molecule has 1 aromatic heterocycles. The molecule has 2 saturated heterocycles. The Morgan fingerprint density at radius 1 is 1.04 bits per heavy atom. The number of rotatable bonds is 3. The predicted molar refractivity (Wildman–Crippen MR) is 94.7 cm³/mol. The maximum Gasteiger partial charge on any atom is 0.225 e. The third-order valence-electron chi connectivity index (χ3n) is 4.97. The van der Waals surface area contributed by atoms with Gasteiger partial charge in [-0.05, 0) is 31.9 Å². The van der Waals surface area contributed by atoms with Crippen LogP contribution in [-0.4, -0.2) is 79.3 Å². The van der Waals surface area contributed by atoms with Gasteiger partial charge in [0.2, 0.25) is 15.9 Å². The number of aryl methyl sites for hydroxylation is 1. The summed E-state index contributed by atoms with van der Waals surface area (Å²) in [5, 5.41) is 8.29. The van der Waals surface area contributed by atoms with E-state index in [2.05, 4.69) is 15.1 Å². The Labute approximate surface area is 148 Å². The van der Waals surface area contributed by atoms with E-state index in [1.807, 2.05) is 24.0 Å². The zero-order chi connectivity index (χ0) is 18.0. The molecule has 0 aliphatic carbocycles. The van der Waals surface area contributed by atoms with Crippen molar-refractivity contribution in [2.45, 2.75) is 19.8 Å². The lowest BCUT2D eigenvalue weighted by molar-refractivity contribution is -0.137. The molecule has 2 aliphatic heterocycles. The second kappa shape index (κ2) is 7.25. The first-order valence-corrected chi connectivity index (χ1v) is 10.5. The highest BCUT2D eigenvalue weighted by Crippen LogP contribution is 2.22. The Morgan fingerprint density at radius 3 is 2.20 bits per heavy atom. The maximum absolute atomic E-state index is 12.7. The molecule has 0 radical (unpaired) electrons. The molecule has 0 atom stereocenters.